The summed E-state index contributed by atoms with van der Waals surface area (Å²) in [7, 11) is 0. The molecule has 0 aliphatic carbocycles. The summed E-state index contributed by atoms with van der Waals surface area (Å²) >= 11 is 5.90. The number of urea groups is 1. The number of carboxylic acids is 1. The average molecular weight is 558 g/mol. The van der Waals surface area contributed by atoms with E-state index >= 15 is 0 Å². The minimum Gasteiger partial charge on any atom is -0.489 e. The van der Waals surface area contributed by atoms with E-state index in [2.05, 4.69) is 10.3 Å². The third-order valence-electron chi connectivity index (χ3n) is 4.69. The predicted octanol–water partition coefficient (Wildman–Crippen LogP) is 5.32. The lowest BCUT2D eigenvalue weighted by molar-refractivity contribution is -0.192. The minimum absolute atomic E-state index is 0.0384. The molecule has 3 rings (SSSR count). The van der Waals surface area contributed by atoms with E-state index in [4.69, 9.17) is 31.0 Å². The molecule has 0 saturated carbocycles. The van der Waals surface area contributed by atoms with Gasteiger partial charge in [-0.15, -0.1) is 0 Å². The highest BCUT2D eigenvalue weighted by molar-refractivity contribution is 6.32. The Balaban J connectivity index is 0.000000604. The average Bonchev–Trinajstić information content (AvgIpc) is 2.77. The molecule has 2 N–H and O–H groups in total. The number of nitrogens with one attached hydrogen (secondary N) is 1. The molecule has 1 aromatic heterocycles. The SMILES string of the molecule is Cc1cc(C)nc(NC(=O)N2CCOC(COc3ccc(C(F)(F)F)cc3Cl)C2)c1.O=C(O)C(F)(F)F. The largest absolute Gasteiger partial charge is 0.490 e. The molecule has 0 bridgehead atoms. The van der Waals surface area contributed by atoms with Crippen LogP contribution in [0.4, 0.5) is 37.0 Å². The van der Waals surface area contributed by atoms with Crippen LogP contribution in [0.1, 0.15) is 16.8 Å². The fourth-order valence-electron chi connectivity index (χ4n) is 3.08. The van der Waals surface area contributed by atoms with Crippen molar-refractivity contribution in [2.24, 2.45) is 0 Å². The van der Waals surface area contributed by atoms with Crippen molar-refractivity contribution in [2.75, 3.05) is 31.6 Å². The van der Waals surface area contributed by atoms with Crippen LogP contribution in [-0.2, 0) is 15.7 Å². The molecule has 1 fully saturated rings. The third-order valence-corrected chi connectivity index (χ3v) is 4.98. The zero-order valence-corrected chi connectivity index (χ0v) is 20.2. The standard InChI is InChI=1S/C20H21ClF3N3O3.C2HF3O2/c1-12-7-13(2)25-18(8-12)26-19(28)27-5-6-29-15(10-27)11-30-17-4-3-14(9-16(17)21)20(22,23)24;3-2(4,5)1(6)7/h3-4,7-9,15H,5-6,10-11H2,1-2H3,(H,25,26,28);(H,6,7). The van der Waals surface area contributed by atoms with Crippen molar-refractivity contribution < 1.29 is 50.5 Å². The number of anilines is 1. The van der Waals surface area contributed by atoms with Crippen molar-refractivity contribution in [3.63, 3.8) is 0 Å². The first-order valence-corrected chi connectivity index (χ1v) is 10.9. The Hall–Kier alpha value is -3.26. The number of alkyl halides is 6. The Morgan fingerprint density at radius 2 is 1.84 bits per heavy atom. The van der Waals surface area contributed by atoms with Crippen LogP contribution in [0, 0.1) is 13.8 Å². The lowest BCUT2D eigenvalue weighted by Gasteiger charge is -2.32. The molecule has 1 unspecified atom stereocenters. The van der Waals surface area contributed by atoms with Gasteiger partial charge in [-0.05, 0) is 49.7 Å². The predicted molar refractivity (Wildman–Crippen MR) is 120 cm³/mol. The Labute approximate surface area is 212 Å². The number of pyridine rings is 1. The molecule has 2 aromatic rings. The van der Waals surface area contributed by atoms with Gasteiger partial charge in [-0.1, -0.05) is 11.6 Å². The van der Waals surface area contributed by atoms with Crippen LogP contribution >= 0.6 is 11.6 Å². The van der Waals surface area contributed by atoms with Crippen molar-refractivity contribution in [3.05, 3.63) is 52.2 Å². The third kappa shape index (κ3) is 9.61. The number of aryl methyl sites for hydroxylation is 2. The fourth-order valence-corrected chi connectivity index (χ4v) is 3.31. The maximum Gasteiger partial charge on any atom is 0.490 e. The van der Waals surface area contributed by atoms with Crippen LogP contribution in [0.5, 0.6) is 5.75 Å². The number of morpholine rings is 1. The number of nitrogens with zero attached hydrogens (tertiary/aromatic N) is 2. The van der Waals surface area contributed by atoms with Crippen LogP contribution in [-0.4, -0.2) is 65.6 Å². The molecule has 2 heterocycles. The zero-order valence-electron chi connectivity index (χ0n) is 19.4. The van der Waals surface area contributed by atoms with Gasteiger partial charge in [0, 0.05) is 12.2 Å². The molecule has 0 radical (unpaired) electrons. The summed E-state index contributed by atoms with van der Waals surface area (Å²) in [4.78, 5) is 27.3. The molecule has 204 valence electrons. The van der Waals surface area contributed by atoms with Crippen LogP contribution in [0.25, 0.3) is 0 Å². The molecule has 37 heavy (non-hydrogen) atoms. The Kier molecular flexibility index (Phi) is 9.98. The Morgan fingerprint density at radius 1 is 1.19 bits per heavy atom. The van der Waals surface area contributed by atoms with Gasteiger partial charge in [0.15, 0.2) is 0 Å². The molecule has 1 saturated heterocycles. The number of carbonyl (C=O) groups excluding carboxylic acids is 1. The number of aliphatic carboxylic acids is 1. The summed E-state index contributed by atoms with van der Waals surface area (Å²) in [6, 6.07) is 6.26. The van der Waals surface area contributed by atoms with Crippen molar-refractivity contribution in [2.45, 2.75) is 32.3 Å². The normalized spacial score (nSPS) is 15.9. The molecule has 2 amide bonds. The lowest BCUT2D eigenvalue weighted by atomic mass is 10.2. The summed E-state index contributed by atoms with van der Waals surface area (Å²) in [6.45, 7) is 4.76. The van der Waals surface area contributed by atoms with E-state index < -0.39 is 30.0 Å². The summed E-state index contributed by atoms with van der Waals surface area (Å²) in [5.41, 5.74) is 0.933. The number of benzene rings is 1. The monoisotopic (exact) mass is 557 g/mol. The second-order valence-electron chi connectivity index (χ2n) is 7.80. The first kappa shape index (κ1) is 30.0. The minimum atomic E-state index is -5.08. The summed E-state index contributed by atoms with van der Waals surface area (Å²) < 4.78 is 81.0. The van der Waals surface area contributed by atoms with Crippen molar-refractivity contribution in [3.8, 4) is 5.75 Å². The second-order valence-corrected chi connectivity index (χ2v) is 8.20. The van der Waals surface area contributed by atoms with E-state index in [1.807, 2.05) is 19.9 Å². The highest BCUT2D eigenvalue weighted by Gasteiger charge is 2.38. The number of rotatable bonds is 4. The van der Waals surface area contributed by atoms with Gasteiger partial charge in [-0.25, -0.2) is 14.6 Å². The van der Waals surface area contributed by atoms with Gasteiger partial charge in [0.1, 0.15) is 24.3 Å². The number of amides is 2. The van der Waals surface area contributed by atoms with Gasteiger partial charge in [0.2, 0.25) is 0 Å². The van der Waals surface area contributed by atoms with Crippen molar-refractivity contribution >= 4 is 29.4 Å². The van der Waals surface area contributed by atoms with E-state index in [-0.39, 0.29) is 30.0 Å². The Bertz CT molecular complexity index is 1090. The van der Waals surface area contributed by atoms with Gasteiger partial charge < -0.3 is 19.5 Å². The van der Waals surface area contributed by atoms with Crippen LogP contribution in [0.15, 0.2) is 30.3 Å². The quantitative estimate of drug-likeness (QED) is 0.494. The maximum absolute atomic E-state index is 12.7. The van der Waals surface area contributed by atoms with E-state index in [9.17, 15) is 31.1 Å². The van der Waals surface area contributed by atoms with E-state index in [0.29, 0.717) is 19.0 Å². The number of hydrogen-bond acceptors (Lipinski definition) is 5. The summed E-state index contributed by atoms with van der Waals surface area (Å²) in [6.07, 6.45) is -10.0. The number of carboxylic acid groups (broad SMARTS) is 1. The number of halogens is 7. The van der Waals surface area contributed by atoms with Gasteiger partial charge in [0.05, 0.1) is 23.7 Å². The van der Waals surface area contributed by atoms with E-state index in [1.54, 1.807) is 11.0 Å². The Morgan fingerprint density at radius 3 is 2.38 bits per heavy atom. The van der Waals surface area contributed by atoms with E-state index in [1.165, 1.54) is 6.07 Å². The second kappa shape index (κ2) is 12.3. The van der Waals surface area contributed by atoms with Gasteiger partial charge in [-0.3, -0.25) is 5.32 Å². The van der Waals surface area contributed by atoms with Crippen LogP contribution < -0.4 is 10.1 Å². The first-order valence-electron chi connectivity index (χ1n) is 10.5. The molecular weight excluding hydrogens is 536 g/mol. The molecule has 8 nitrogen and oxygen atoms in total. The molecule has 15 heteroatoms. The number of carbonyl (C=O) groups is 2. The highest BCUT2D eigenvalue weighted by Crippen LogP contribution is 2.34. The number of hydrogen-bond donors (Lipinski definition) is 2. The topological polar surface area (TPSA) is 101 Å². The van der Waals surface area contributed by atoms with E-state index in [0.717, 1.165) is 23.4 Å². The maximum atomic E-state index is 12.7. The molecule has 1 aromatic carbocycles. The van der Waals surface area contributed by atoms with Gasteiger partial charge in [-0.2, -0.15) is 26.3 Å². The molecule has 1 aliphatic rings. The zero-order chi connectivity index (χ0) is 28.0. The molecule has 1 atom stereocenters. The number of ether oxygens (including phenoxy) is 2. The molecular formula is C22H22ClF6N3O5. The molecule has 1 aliphatic heterocycles. The smallest absolute Gasteiger partial charge is 0.489 e. The first-order chi connectivity index (χ1) is 17.1. The molecule has 0 spiro atoms. The summed E-state index contributed by atoms with van der Waals surface area (Å²) in [5.74, 6) is -2.17. The van der Waals surface area contributed by atoms with Crippen molar-refractivity contribution in [1.82, 2.24) is 9.88 Å². The van der Waals surface area contributed by atoms with Crippen LogP contribution in [0.2, 0.25) is 5.02 Å². The van der Waals surface area contributed by atoms with Crippen LogP contribution in [0.3, 0.4) is 0 Å². The fraction of sp³-hybridized carbons (Fsp3) is 0.409. The number of aromatic nitrogens is 1. The lowest BCUT2D eigenvalue weighted by Crippen LogP contribution is -2.49. The summed E-state index contributed by atoms with van der Waals surface area (Å²) in [5, 5.41) is 9.75. The van der Waals surface area contributed by atoms with Gasteiger partial charge in [0.25, 0.3) is 0 Å². The highest BCUT2D eigenvalue weighted by atomic mass is 35.5. The van der Waals surface area contributed by atoms with Crippen molar-refractivity contribution in [1.29, 1.82) is 0 Å². The van der Waals surface area contributed by atoms with Gasteiger partial charge >= 0.3 is 24.4 Å².